The molecule has 5 heteroatoms. The number of likely N-dealkylation sites (N-methyl/N-ethyl adjacent to an activating group) is 1. The summed E-state index contributed by atoms with van der Waals surface area (Å²) in [4.78, 5) is 20.4. The predicted molar refractivity (Wildman–Crippen MR) is 86.9 cm³/mol. The van der Waals surface area contributed by atoms with Crippen molar-refractivity contribution in [1.82, 2.24) is 9.88 Å². The Morgan fingerprint density at radius 1 is 1.29 bits per heavy atom. The largest absolute Gasteiger partial charge is 0.326 e. The maximum absolute atomic E-state index is 12.3. The summed E-state index contributed by atoms with van der Waals surface area (Å²) in [5, 5.41) is 0. The molecule has 0 bridgehead atoms. The molecule has 0 aromatic carbocycles. The van der Waals surface area contributed by atoms with Crippen LogP contribution in [0.4, 0.5) is 10.6 Å². The van der Waals surface area contributed by atoms with Gasteiger partial charge in [-0.2, -0.15) is 0 Å². The molecule has 1 aliphatic heterocycles. The van der Waals surface area contributed by atoms with Crippen LogP contribution in [0.2, 0.25) is 19.6 Å². The van der Waals surface area contributed by atoms with Gasteiger partial charge in [0.1, 0.15) is 13.9 Å². The second-order valence-electron chi connectivity index (χ2n) is 7.06. The van der Waals surface area contributed by atoms with Crippen LogP contribution in [0.3, 0.4) is 0 Å². The fraction of sp³-hybridized carbons (Fsp3) is 0.500. The summed E-state index contributed by atoms with van der Waals surface area (Å²) >= 11 is 0. The topological polar surface area (TPSA) is 36.4 Å². The van der Waals surface area contributed by atoms with Crippen molar-refractivity contribution in [2.45, 2.75) is 38.0 Å². The normalized spacial score (nSPS) is 19.7. The summed E-state index contributed by atoms with van der Waals surface area (Å²) in [7, 11) is 0.522. The van der Waals surface area contributed by atoms with Crippen molar-refractivity contribution in [3.8, 4) is 11.5 Å². The number of urea groups is 1. The highest BCUT2D eigenvalue weighted by molar-refractivity contribution is 6.83. The minimum atomic E-state index is -1.37. The van der Waals surface area contributed by atoms with Crippen LogP contribution < -0.4 is 4.90 Å². The molecule has 3 rings (SSSR count). The summed E-state index contributed by atoms with van der Waals surface area (Å²) in [6.45, 7) is 7.41. The van der Waals surface area contributed by atoms with Gasteiger partial charge in [0.05, 0.1) is 12.1 Å². The van der Waals surface area contributed by atoms with E-state index in [9.17, 15) is 4.79 Å². The van der Waals surface area contributed by atoms with Gasteiger partial charge < -0.3 is 4.90 Å². The van der Waals surface area contributed by atoms with Crippen LogP contribution in [0.1, 0.15) is 18.4 Å². The molecule has 1 saturated carbocycles. The van der Waals surface area contributed by atoms with Crippen LogP contribution in [-0.2, 0) is 0 Å². The van der Waals surface area contributed by atoms with Gasteiger partial charge in [0.15, 0.2) is 0 Å². The maximum atomic E-state index is 12.3. The highest BCUT2D eigenvalue weighted by Gasteiger charge is 2.56. The summed E-state index contributed by atoms with van der Waals surface area (Å²) < 4.78 is 0. The van der Waals surface area contributed by atoms with Crippen LogP contribution in [0.5, 0.6) is 0 Å². The third-order valence-electron chi connectivity index (χ3n) is 4.12. The molecule has 1 saturated heterocycles. The average molecular weight is 299 g/mol. The molecule has 0 atom stereocenters. The Morgan fingerprint density at radius 3 is 2.48 bits per heavy atom. The highest BCUT2D eigenvalue weighted by Crippen LogP contribution is 2.46. The highest BCUT2D eigenvalue weighted by atomic mass is 28.3. The van der Waals surface area contributed by atoms with Gasteiger partial charge in [-0.1, -0.05) is 25.6 Å². The number of aromatic nitrogens is 1. The Bertz CT molecular complexity index is 632. The molecule has 0 radical (unpaired) electrons. The van der Waals surface area contributed by atoms with E-state index in [2.05, 4.69) is 36.1 Å². The van der Waals surface area contributed by atoms with E-state index in [1.54, 1.807) is 11.1 Å². The Morgan fingerprint density at radius 2 is 2.00 bits per heavy atom. The van der Waals surface area contributed by atoms with Crippen LogP contribution in [-0.4, -0.2) is 43.1 Å². The molecule has 1 spiro atoms. The number of rotatable bonds is 1. The van der Waals surface area contributed by atoms with Gasteiger partial charge in [-0.25, -0.2) is 9.78 Å². The molecular formula is C16H21N3OSi. The molecule has 1 aromatic heterocycles. The second kappa shape index (κ2) is 4.60. The van der Waals surface area contributed by atoms with Crippen LogP contribution in [0.15, 0.2) is 18.3 Å². The molecular weight excluding hydrogens is 278 g/mol. The third kappa shape index (κ3) is 2.68. The van der Waals surface area contributed by atoms with Crippen molar-refractivity contribution < 1.29 is 4.79 Å². The zero-order chi connectivity index (χ0) is 15.3. The van der Waals surface area contributed by atoms with Gasteiger partial charge in [0.2, 0.25) is 0 Å². The first kappa shape index (κ1) is 14.1. The maximum Gasteiger partial charge on any atom is 0.326 e. The minimum absolute atomic E-state index is 0.0564. The molecule has 0 unspecified atom stereocenters. The van der Waals surface area contributed by atoms with E-state index >= 15 is 0 Å². The lowest BCUT2D eigenvalue weighted by Crippen LogP contribution is -2.32. The molecule has 0 N–H and O–H groups in total. The first-order valence-electron chi connectivity index (χ1n) is 7.35. The van der Waals surface area contributed by atoms with Gasteiger partial charge in [-0.15, -0.1) is 5.54 Å². The smallest absolute Gasteiger partial charge is 0.320 e. The van der Waals surface area contributed by atoms with Crippen LogP contribution >= 0.6 is 0 Å². The van der Waals surface area contributed by atoms with Crippen molar-refractivity contribution in [1.29, 1.82) is 0 Å². The van der Waals surface area contributed by atoms with E-state index in [-0.39, 0.29) is 11.6 Å². The quantitative estimate of drug-likeness (QED) is 0.590. The van der Waals surface area contributed by atoms with E-state index in [0.717, 1.165) is 30.8 Å². The number of hydrogen-bond acceptors (Lipinski definition) is 2. The van der Waals surface area contributed by atoms with Crippen LogP contribution in [0, 0.1) is 11.5 Å². The monoisotopic (exact) mass is 299 g/mol. The van der Waals surface area contributed by atoms with E-state index in [1.165, 1.54) is 0 Å². The number of nitrogens with zero attached hydrogens (tertiary/aromatic N) is 3. The van der Waals surface area contributed by atoms with Crippen molar-refractivity contribution >= 4 is 19.9 Å². The Balaban J connectivity index is 1.79. The first-order chi connectivity index (χ1) is 9.81. The SMILES string of the molecule is CN1C(=O)N(c2ccc(C#C[Si](C)(C)C)cn2)CC12CC2. The fourth-order valence-corrected chi connectivity index (χ4v) is 3.07. The number of carbonyl (C=O) groups is 1. The lowest BCUT2D eigenvalue weighted by molar-refractivity contribution is 0.215. The van der Waals surface area contributed by atoms with E-state index in [0.29, 0.717) is 0 Å². The van der Waals surface area contributed by atoms with Crippen molar-refractivity contribution in [2.24, 2.45) is 0 Å². The summed E-state index contributed by atoms with van der Waals surface area (Å²) in [5.74, 6) is 3.92. The fourth-order valence-electron chi connectivity index (χ4n) is 2.55. The first-order valence-corrected chi connectivity index (χ1v) is 10.9. The molecule has 1 aliphatic carbocycles. The zero-order valence-electron chi connectivity index (χ0n) is 13.1. The van der Waals surface area contributed by atoms with Gasteiger partial charge in [0, 0.05) is 18.8 Å². The molecule has 4 nitrogen and oxygen atoms in total. The number of pyridine rings is 1. The molecule has 1 aromatic rings. The van der Waals surface area contributed by atoms with Crippen molar-refractivity contribution in [2.75, 3.05) is 18.5 Å². The number of amides is 2. The number of anilines is 1. The van der Waals surface area contributed by atoms with E-state index in [1.807, 2.05) is 24.1 Å². The zero-order valence-corrected chi connectivity index (χ0v) is 14.1. The average Bonchev–Trinajstić information content (AvgIpc) is 3.17. The molecule has 2 fully saturated rings. The minimum Gasteiger partial charge on any atom is -0.320 e. The molecule has 110 valence electrons. The van der Waals surface area contributed by atoms with Crippen molar-refractivity contribution in [3.63, 3.8) is 0 Å². The Hall–Kier alpha value is -1.80. The summed E-state index contributed by atoms with van der Waals surface area (Å²) in [6, 6.07) is 3.92. The molecule has 2 heterocycles. The number of carbonyl (C=O) groups excluding carboxylic acids is 1. The standard InChI is InChI=1S/C16H21N3OSi/c1-18-15(20)19(12-16(18)8-9-16)14-6-5-13(11-17-14)7-10-21(2,3)4/h5-6,11H,8-9,12H2,1-4H3. The molecule has 2 aliphatic rings. The van der Waals surface area contributed by atoms with E-state index in [4.69, 9.17) is 0 Å². The van der Waals surface area contributed by atoms with Gasteiger partial charge in [-0.05, 0) is 25.0 Å². The molecule has 21 heavy (non-hydrogen) atoms. The van der Waals surface area contributed by atoms with Gasteiger partial charge >= 0.3 is 6.03 Å². The number of hydrogen-bond donors (Lipinski definition) is 0. The lowest BCUT2D eigenvalue weighted by Gasteiger charge is -2.15. The Kier molecular flexibility index (Phi) is 3.10. The van der Waals surface area contributed by atoms with Gasteiger partial charge in [-0.3, -0.25) is 4.90 Å². The van der Waals surface area contributed by atoms with Gasteiger partial charge in [0.25, 0.3) is 0 Å². The summed E-state index contributed by atoms with van der Waals surface area (Å²) in [6.07, 6.45) is 3.98. The van der Waals surface area contributed by atoms with Crippen LogP contribution in [0.25, 0.3) is 0 Å². The third-order valence-corrected chi connectivity index (χ3v) is 4.99. The van der Waals surface area contributed by atoms with Crippen molar-refractivity contribution in [3.05, 3.63) is 23.9 Å². The summed E-state index contributed by atoms with van der Waals surface area (Å²) in [5.41, 5.74) is 4.32. The molecule has 2 amide bonds. The predicted octanol–water partition coefficient (Wildman–Crippen LogP) is 2.71. The lowest BCUT2D eigenvalue weighted by atomic mass is 10.2. The Labute approximate surface area is 127 Å². The second-order valence-corrected chi connectivity index (χ2v) is 11.8. The van der Waals surface area contributed by atoms with E-state index < -0.39 is 8.07 Å².